The molecule has 4 aliphatic carbocycles. The smallest absolute Gasteiger partial charge is 0.228 e. The van der Waals surface area contributed by atoms with Crippen molar-refractivity contribution in [3.05, 3.63) is 11.6 Å². The Kier molecular flexibility index (Phi) is 3.13. The third-order valence-corrected chi connectivity index (χ3v) is 8.79. The average molecular weight is 358 g/mol. The van der Waals surface area contributed by atoms with E-state index in [1.807, 2.05) is 6.20 Å². The summed E-state index contributed by atoms with van der Waals surface area (Å²) in [6.07, 6.45) is 9.76. The van der Waals surface area contributed by atoms with Gasteiger partial charge in [-0.15, -0.1) is 11.3 Å². The van der Waals surface area contributed by atoms with Gasteiger partial charge in [-0.05, 0) is 56.3 Å². The van der Waals surface area contributed by atoms with Gasteiger partial charge in [-0.2, -0.15) is 0 Å². The number of nitrogens with zero attached hydrogens (tertiary/aromatic N) is 3. The van der Waals surface area contributed by atoms with E-state index in [0.717, 1.165) is 49.1 Å². The second kappa shape index (κ2) is 5.21. The third kappa shape index (κ3) is 2.23. The van der Waals surface area contributed by atoms with Crippen LogP contribution >= 0.6 is 11.3 Å². The van der Waals surface area contributed by atoms with Crippen LogP contribution in [0.3, 0.4) is 0 Å². The second-order valence-corrected chi connectivity index (χ2v) is 10.5. The van der Waals surface area contributed by atoms with Gasteiger partial charge in [0.1, 0.15) is 0 Å². The fourth-order valence-corrected chi connectivity index (χ4v) is 8.06. The number of anilines is 1. The van der Waals surface area contributed by atoms with E-state index in [2.05, 4.69) is 20.2 Å². The Hall–Kier alpha value is -1.10. The van der Waals surface area contributed by atoms with E-state index < -0.39 is 0 Å². The van der Waals surface area contributed by atoms with E-state index in [0.29, 0.717) is 17.7 Å². The van der Waals surface area contributed by atoms with Crippen molar-refractivity contribution in [1.82, 2.24) is 9.88 Å². The molecule has 5 heteroatoms. The summed E-state index contributed by atoms with van der Waals surface area (Å²) in [5, 5.41) is 3.22. The molecule has 0 spiro atoms. The fourth-order valence-electron chi connectivity index (χ4n) is 7.40. The normalized spacial score (nSPS) is 44.6. The SMILES string of the molecule is O=C(N1C[C@@H]2CN(c3nccs3)C[C@@H]2C1)C12CC3CC(CC(C3)C1)C2. The highest BCUT2D eigenvalue weighted by Crippen LogP contribution is 2.60. The van der Waals surface area contributed by atoms with E-state index in [4.69, 9.17) is 0 Å². The Labute approximate surface area is 153 Å². The summed E-state index contributed by atoms with van der Waals surface area (Å²) in [6, 6.07) is 0. The van der Waals surface area contributed by atoms with E-state index in [9.17, 15) is 4.79 Å². The minimum absolute atomic E-state index is 0.0440. The maximum absolute atomic E-state index is 13.5. The topological polar surface area (TPSA) is 36.4 Å². The maximum atomic E-state index is 13.5. The Morgan fingerprint density at radius 1 is 1.00 bits per heavy atom. The first-order valence-electron chi connectivity index (χ1n) is 10.1. The number of amides is 1. The van der Waals surface area contributed by atoms with Crippen molar-refractivity contribution in [2.24, 2.45) is 35.0 Å². The van der Waals surface area contributed by atoms with Crippen molar-refractivity contribution in [2.75, 3.05) is 31.1 Å². The van der Waals surface area contributed by atoms with Gasteiger partial charge in [-0.25, -0.2) is 4.98 Å². The molecule has 4 nitrogen and oxygen atoms in total. The summed E-state index contributed by atoms with van der Waals surface area (Å²) in [6.45, 7) is 4.16. The molecule has 1 aromatic heterocycles. The molecule has 6 aliphatic rings. The van der Waals surface area contributed by atoms with E-state index in [-0.39, 0.29) is 5.41 Å². The Balaban J connectivity index is 1.17. The van der Waals surface area contributed by atoms with Crippen molar-refractivity contribution < 1.29 is 4.79 Å². The summed E-state index contributed by atoms with van der Waals surface area (Å²) in [7, 11) is 0. The lowest BCUT2D eigenvalue weighted by Crippen LogP contribution is -2.54. The lowest BCUT2D eigenvalue weighted by molar-refractivity contribution is -0.156. The van der Waals surface area contributed by atoms with Crippen LogP contribution in [-0.4, -0.2) is 42.0 Å². The molecule has 7 rings (SSSR count). The first-order chi connectivity index (χ1) is 12.2. The molecule has 134 valence electrons. The molecule has 2 saturated heterocycles. The molecule has 0 N–H and O–H groups in total. The number of hydrogen-bond donors (Lipinski definition) is 0. The fraction of sp³-hybridized carbons (Fsp3) is 0.800. The van der Waals surface area contributed by atoms with Crippen LogP contribution in [0.15, 0.2) is 11.6 Å². The van der Waals surface area contributed by atoms with Gasteiger partial charge in [-0.1, -0.05) is 0 Å². The molecule has 6 fully saturated rings. The molecular weight excluding hydrogens is 330 g/mol. The Morgan fingerprint density at radius 2 is 1.60 bits per heavy atom. The molecular formula is C20H27N3OS. The summed E-state index contributed by atoms with van der Waals surface area (Å²) in [4.78, 5) is 22.7. The summed E-state index contributed by atoms with van der Waals surface area (Å²) in [5.41, 5.74) is 0.0440. The van der Waals surface area contributed by atoms with Gasteiger partial charge in [0, 0.05) is 49.6 Å². The largest absolute Gasteiger partial charge is 0.347 e. The standard InChI is InChI=1S/C20H27N3OS/c24-18(20-6-13-3-14(7-20)5-15(4-13)8-20)22-9-16-11-23(12-17(16)10-22)19-21-1-2-25-19/h1-2,13-17H,3-12H2/t13?,14?,15?,16-,17+,20?. The molecule has 25 heavy (non-hydrogen) atoms. The number of thiazole rings is 1. The van der Waals surface area contributed by atoms with E-state index in [1.54, 1.807) is 11.3 Å². The Morgan fingerprint density at radius 3 is 2.12 bits per heavy atom. The first-order valence-corrected chi connectivity index (χ1v) is 11.0. The van der Waals surface area contributed by atoms with Crippen LogP contribution in [0.2, 0.25) is 0 Å². The van der Waals surface area contributed by atoms with Crippen molar-refractivity contribution in [2.45, 2.75) is 38.5 Å². The molecule has 1 amide bonds. The minimum Gasteiger partial charge on any atom is -0.347 e. The van der Waals surface area contributed by atoms with Crippen molar-refractivity contribution in [1.29, 1.82) is 0 Å². The van der Waals surface area contributed by atoms with Gasteiger partial charge in [0.25, 0.3) is 0 Å². The quantitative estimate of drug-likeness (QED) is 0.815. The third-order valence-electron chi connectivity index (χ3n) is 7.96. The highest BCUT2D eigenvalue weighted by Gasteiger charge is 2.57. The first kappa shape index (κ1) is 15.0. The number of fused-ring (bicyclic) bond motifs is 1. The number of carbonyl (C=O) groups is 1. The van der Waals surface area contributed by atoms with E-state index in [1.165, 1.54) is 38.5 Å². The minimum atomic E-state index is 0.0440. The van der Waals surface area contributed by atoms with Crippen LogP contribution in [0.4, 0.5) is 5.13 Å². The van der Waals surface area contributed by atoms with Crippen molar-refractivity contribution >= 4 is 22.4 Å². The Bertz CT molecular complexity index is 638. The van der Waals surface area contributed by atoms with Crippen molar-refractivity contribution in [3.63, 3.8) is 0 Å². The zero-order valence-corrected chi connectivity index (χ0v) is 15.6. The molecule has 0 unspecified atom stereocenters. The second-order valence-electron chi connectivity index (χ2n) is 9.65. The van der Waals surface area contributed by atoms with Gasteiger partial charge in [0.15, 0.2) is 5.13 Å². The zero-order valence-electron chi connectivity index (χ0n) is 14.8. The molecule has 2 aliphatic heterocycles. The van der Waals surface area contributed by atoms with E-state index >= 15 is 0 Å². The lowest BCUT2D eigenvalue weighted by Gasteiger charge is -2.56. The van der Waals surface area contributed by atoms with Crippen LogP contribution in [0.25, 0.3) is 0 Å². The summed E-state index contributed by atoms with van der Waals surface area (Å²) in [5.74, 6) is 4.43. The highest BCUT2D eigenvalue weighted by atomic mass is 32.1. The lowest BCUT2D eigenvalue weighted by atomic mass is 9.49. The van der Waals surface area contributed by atoms with Gasteiger partial charge in [0.05, 0.1) is 5.41 Å². The predicted octanol–water partition coefficient (Wildman–Crippen LogP) is 3.25. The monoisotopic (exact) mass is 357 g/mol. The molecule has 4 bridgehead atoms. The van der Waals surface area contributed by atoms with Crippen LogP contribution in [0.1, 0.15) is 38.5 Å². The van der Waals surface area contributed by atoms with Gasteiger partial charge in [-0.3, -0.25) is 4.79 Å². The van der Waals surface area contributed by atoms with Crippen LogP contribution in [0.5, 0.6) is 0 Å². The van der Waals surface area contributed by atoms with Crippen LogP contribution in [0, 0.1) is 35.0 Å². The highest BCUT2D eigenvalue weighted by molar-refractivity contribution is 7.13. The van der Waals surface area contributed by atoms with Gasteiger partial charge >= 0.3 is 0 Å². The average Bonchev–Trinajstić information content (AvgIpc) is 3.28. The van der Waals surface area contributed by atoms with Gasteiger partial charge < -0.3 is 9.80 Å². The molecule has 4 saturated carbocycles. The summed E-state index contributed by atoms with van der Waals surface area (Å²) < 4.78 is 0. The molecule has 1 aromatic rings. The van der Waals surface area contributed by atoms with Crippen LogP contribution < -0.4 is 4.90 Å². The number of hydrogen-bond acceptors (Lipinski definition) is 4. The molecule has 2 atom stereocenters. The van der Waals surface area contributed by atoms with Crippen molar-refractivity contribution in [3.8, 4) is 0 Å². The molecule has 3 heterocycles. The predicted molar refractivity (Wildman–Crippen MR) is 98.5 cm³/mol. The van der Waals surface area contributed by atoms with Crippen LogP contribution in [-0.2, 0) is 4.79 Å². The molecule has 0 aromatic carbocycles. The number of likely N-dealkylation sites (tertiary alicyclic amines) is 1. The number of aromatic nitrogens is 1. The number of rotatable bonds is 2. The zero-order chi connectivity index (χ0) is 16.6. The maximum Gasteiger partial charge on any atom is 0.228 e. The summed E-state index contributed by atoms with van der Waals surface area (Å²) >= 11 is 1.74. The van der Waals surface area contributed by atoms with Gasteiger partial charge in [0.2, 0.25) is 5.91 Å². The number of carbonyl (C=O) groups excluding carboxylic acids is 1. The molecule has 0 radical (unpaired) electrons.